The highest BCUT2D eigenvalue weighted by Crippen LogP contribution is 2.15. The predicted molar refractivity (Wildman–Crippen MR) is 61.5 cm³/mol. The molecule has 0 radical (unpaired) electrons. The number of nitrogens with zero attached hydrogens (tertiary/aromatic N) is 3. The molecule has 2 heterocycles. The molecule has 0 aliphatic carbocycles. The fourth-order valence-electron chi connectivity index (χ4n) is 2.34. The Hall–Kier alpha value is -1.47. The number of amides is 4. The number of morpholine rings is 1. The first-order valence-corrected chi connectivity index (χ1v) is 5.91. The van der Waals surface area contributed by atoms with Crippen molar-refractivity contribution >= 4 is 17.8 Å². The number of urea groups is 1. The lowest BCUT2D eigenvalue weighted by atomic mass is 10.2. The van der Waals surface area contributed by atoms with E-state index in [4.69, 9.17) is 4.74 Å². The highest BCUT2D eigenvalue weighted by molar-refractivity contribution is 6.44. The van der Waals surface area contributed by atoms with Crippen molar-refractivity contribution in [1.82, 2.24) is 14.7 Å². The van der Waals surface area contributed by atoms with Crippen LogP contribution in [0.2, 0.25) is 0 Å². The van der Waals surface area contributed by atoms with Gasteiger partial charge in [0.15, 0.2) is 0 Å². The normalized spacial score (nSPS) is 30.5. The molecule has 0 bridgehead atoms. The van der Waals surface area contributed by atoms with Crippen LogP contribution in [-0.2, 0) is 14.3 Å². The fourth-order valence-corrected chi connectivity index (χ4v) is 2.34. The van der Waals surface area contributed by atoms with Gasteiger partial charge in [0.05, 0.1) is 18.9 Å². The van der Waals surface area contributed by atoms with Crippen LogP contribution in [-0.4, -0.2) is 71.6 Å². The maximum Gasteiger partial charge on any atom is 0.335 e. The second-order valence-electron chi connectivity index (χ2n) is 4.81. The summed E-state index contributed by atoms with van der Waals surface area (Å²) < 4.78 is 5.57. The van der Waals surface area contributed by atoms with Crippen LogP contribution in [0, 0.1) is 0 Å². The Morgan fingerprint density at radius 2 is 1.67 bits per heavy atom. The van der Waals surface area contributed by atoms with Crippen LogP contribution in [0.15, 0.2) is 0 Å². The van der Waals surface area contributed by atoms with E-state index in [9.17, 15) is 14.4 Å². The van der Waals surface area contributed by atoms with Crippen molar-refractivity contribution < 1.29 is 19.1 Å². The molecular formula is C11H17N3O4. The van der Waals surface area contributed by atoms with E-state index in [1.807, 2.05) is 18.7 Å². The van der Waals surface area contributed by atoms with E-state index in [0.717, 1.165) is 9.80 Å². The van der Waals surface area contributed by atoms with Gasteiger partial charge in [0, 0.05) is 20.1 Å². The summed E-state index contributed by atoms with van der Waals surface area (Å²) in [4.78, 5) is 38.5. The first kappa shape index (κ1) is 13.0. The first-order valence-electron chi connectivity index (χ1n) is 5.91. The number of hydrogen-bond donors (Lipinski definition) is 0. The van der Waals surface area contributed by atoms with Crippen molar-refractivity contribution in [2.45, 2.75) is 26.1 Å². The Morgan fingerprint density at radius 1 is 1.11 bits per heavy atom. The third-order valence-corrected chi connectivity index (χ3v) is 3.09. The van der Waals surface area contributed by atoms with Gasteiger partial charge in [0.25, 0.3) is 0 Å². The minimum absolute atomic E-state index is 0.0509. The Bertz CT molecular complexity index is 388. The molecule has 2 aliphatic rings. The highest BCUT2D eigenvalue weighted by atomic mass is 16.5. The average Bonchev–Trinajstić information content (AvgIpc) is 2.46. The lowest BCUT2D eigenvalue weighted by Gasteiger charge is -2.36. The quantitative estimate of drug-likeness (QED) is 0.490. The molecule has 2 fully saturated rings. The van der Waals surface area contributed by atoms with Gasteiger partial charge in [-0.3, -0.25) is 19.4 Å². The zero-order valence-electron chi connectivity index (χ0n) is 10.8. The summed E-state index contributed by atoms with van der Waals surface area (Å²) in [6.07, 6.45) is 0.102. The Balaban J connectivity index is 2.03. The van der Waals surface area contributed by atoms with Gasteiger partial charge in [0.2, 0.25) is 0 Å². The number of hydrogen-bond acceptors (Lipinski definition) is 5. The molecule has 2 rings (SSSR count). The largest absolute Gasteiger partial charge is 0.373 e. The number of carbonyl (C=O) groups excluding carboxylic acids is 3. The van der Waals surface area contributed by atoms with Gasteiger partial charge in [0.1, 0.15) is 0 Å². The third-order valence-electron chi connectivity index (χ3n) is 3.09. The molecule has 7 nitrogen and oxygen atoms in total. The summed E-state index contributed by atoms with van der Waals surface area (Å²) in [6.45, 7) is 5.30. The van der Waals surface area contributed by atoms with Crippen LogP contribution in [0.4, 0.5) is 4.79 Å². The summed E-state index contributed by atoms with van der Waals surface area (Å²) >= 11 is 0. The highest BCUT2D eigenvalue weighted by Gasteiger charge is 2.43. The predicted octanol–water partition coefficient (Wildman–Crippen LogP) is -0.526. The van der Waals surface area contributed by atoms with Gasteiger partial charge >= 0.3 is 17.8 Å². The van der Waals surface area contributed by atoms with Gasteiger partial charge in [-0.25, -0.2) is 9.69 Å². The van der Waals surface area contributed by atoms with Crippen molar-refractivity contribution in [2.75, 3.05) is 26.8 Å². The maximum absolute atomic E-state index is 11.7. The second-order valence-corrected chi connectivity index (χ2v) is 4.81. The molecule has 4 amide bonds. The van der Waals surface area contributed by atoms with Crippen LogP contribution in [0.25, 0.3) is 0 Å². The molecule has 100 valence electrons. The number of imide groups is 2. The van der Waals surface area contributed by atoms with Gasteiger partial charge < -0.3 is 4.74 Å². The molecule has 2 saturated heterocycles. The molecule has 2 atom stereocenters. The number of ether oxygens (including phenoxy) is 1. The SMILES string of the molecule is CC1CN(CN2C(=O)C(=O)N(C)C2=O)CC(C)O1. The van der Waals surface area contributed by atoms with E-state index < -0.39 is 17.8 Å². The zero-order chi connectivity index (χ0) is 13.4. The second kappa shape index (κ2) is 4.66. The minimum Gasteiger partial charge on any atom is -0.373 e. The van der Waals surface area contributed by atoms with E-state index in [1.54, 1.807) is 0 Å². The summed E-state index contributed by atoms with van der Waals surface area (Å²) in [6, 6.07) is -0.559. The van der Waals surface area contributed by atoms with E-state index in [-0.39, 0.29) is 18.9 Å². The van der Waals surface area contributed by atoms with Crippen molar-refractivity contribution in [2.24, 2.45) is 0 Å². The average molecular weight is 255 g/mol. The molecule has 0 spiro atoms. The lowest BCUT2D eigenvalue weighted by Crippen LogP contribution is -2.51. The number of rotatable bonds is 2. The lowest BCUT2D eigenvalue weighted by molar-refractivity contribution is -0.144. The molecule has 18 heavy (non-hydrogen) atoms. The Labute approximate surface area is 105 Å². The topological polar surface area (TPSA) is 70.2 Å². The first-order chi connectivity index (χ1) is 8.40. The summed E-state index contributed by atoms with van der Waals surface area (Å²) in [5.41, 5.74) is 0. The minimum atomic E-state index is -0.769. The van der Waals surface area contributed by atoms with Gasteiger partial charge in [-0.15, -0.1) is 0 Å². The summed E-state index contributed by atoms with van der Waals surface area (Å²) in [5, 5.41) is 0. The van der Waals surface area contributed by atoms with Crippen molar-refractivity contribution in [3.05, 3.63) is 0 Å². The van der Waals surface area contributed by atoms with Crippen molar-refractivity contribution in [1.29, 1.82) is 0 Å². The molecule has 0 aromatic rings. The van der Waals surface area contributed by atoms with Crippen LogP contribution in [0.3, 0.4) is 0 Å². The van der Waals surface area contributed by atoms with Gasteiger partial charge in [-0.1, -0.05) is 0 Å². The molecule has 0 N–H and O–H groups in total. The Kier molecular flexibility index (Phi) is 3.36. The van der Waals surface area contributed by atoms with Gasteiger partial charge in [-0.2, -0.15) is 0 Å². The maximum atomic E-state index is 11.7. The number of likely N-dealkylation sites (N-methyl/N-ethyl adjacent to an activating group) is 1. The molecule has 2 aliphatic heterocycles. The number of carbonyl (C=O) groups is 3. The summed E-state index contributed by atoms with van der Waals surface area (Å²) in [5.74, 6) is -1.52. The molecular weight excluding hydrogens is 238 g/mol. The molecule has 2 unspecified atom stereocenters. The monoisotopic (exact) mass is 255 g/mol. The van der Waals surface area contributed by atoms with E-state index in [1.165, 1.54) is 7.05 Å². The molecule has 0 aromatic heterocycles. The Morgan fingerprint density at radius 3 is 2.11 bits per heavy atom. The smallest absolute Gasteiger partial charge is 0.335 e. The van der Waals surface area contributed by atoms with Crippen molar-refractivity contribution in [3.63, 3.8) is 0 Å². The van der Waals surface area contributed by atoms with Crippen LogP contribution in [0.5, 0.6) is 0 Å². The van der Waals surface area contributed by atoms with Crippen molar-refractivity contribution in [3.8, 4) is 0 Å². The molecule has 0 aromatic carbocycles. The third kappa shape index (κ3) is 2.23. The van der Waals surface area contributed by atoms with Crippen LogP contribution in [0.1, 0.15) is 13.8 Å². The zero-order valence-corrected chi connectivity index (χ0v) is 10.8. The van der Waals surface area contributed by atoms with E-state index in [2.05, 4.69) is 0 Å². The van der Waals surface area contributed by atoms with Gasteiger partial charge in [-0.05, 0) is 13.8 Å². The van der Waals surface area contributed by atoms with E-state index in [0.29, 0.717) is 13.1 Å². The van der Waals surface area contributed by atoms with E-state index >= 15 is 0 Å². The fraction of sp³-hybridized carbons (Fsp3) is 0.727. The molecule has 7 heteroatoms. The van der Waals surface area contributed by atoms with Crippen LogP contribution < -0.4 is 0 Å². The van der Waals surface area contributed by atoms with Crippen LogP contribution >= 0.6 is 0 Å². The molecule has 0 saturated carbocycles. The standard InChI is InChI=1S/C11H17N3O4/c1-7-4-13(5-8(2)18-7)6-14-10(16)9(15)12(3)11(14)17/h7-8H,4-6H2,1-3H3. The summed E-state index contributed by atoms with van der Waals surface area (Å²) in [7, 11) is 1.31.